The van der Waals surface area contributed by atoms with Gasteiger partial charge < -0.3 is 5.11 Å². The van der Waals surface area contributed by atoms with Crippen LogP contribution in [0.1, 0.15) is 10.4 Å². The van der Waals surface area contributed by atoms with E-state index < -0.39 is 0 Å². The summed E-state index contributed by atoms with van der Waals surface area (Å²) in [6, 6.07) is 7.57. The molecule has 0 atom stereocenters. The largest absolute Gasteiger partial charge is 0.392 e. The van der Waals surface area contributed by atoms with Crippen molar-refractivity contribution < 1.29 is 5.11 Å². The number of nitriles is 1. The molecule has 1 aromatic carbocycles. The normalized spacial score (nSPS) is 10.4. The molecule has 0 saturated heterocycles. The minimum atomic E-state index is -0.00778. The van der Waals surface area contributed by atoms with E-state index in [-0.39, 0.29) is 6.61 Å². The molecular weight excluding hydrogens is 214 g/mol. The molecule has 1 N–H and O–H groups in total. The van der Waals surface area contributed by atoms with Crippen LogP contribution < -0.4 is 0 Å². The van der Waals surface area contributed by atoms with Gasteiger partial charge in [0.25, 0.3) is 0 Å². The summed E-state index contributed by atoms with van der Waals surface area (Å²) < 4.78 is 0.969. The first-order chi connectivity index (χ1) is 6.76. The predicted molar refractivity (Wildman–Crippen MR) is 59.7 cm³/mol. The number of nitrogens with zero attached hydrogens (tertiary/aromatic N) is 1. The Kier molecular flexibility index (Phi) is 2.46. The molecule has 2 rings (SSSR count). The molecule has 2 nitrogen and oxygen atoms in total. The van der Waals surface area contributed by atoms with E-state index in [1.54, 1.807) is 6.07 Å². The van der Waals surface area contributed by atoms with Crippen molar-refractivity contribution in [3.05, 3.63) is 28.6 Å². The van der Waals surface area contributed by atoms with Gasteiger partial charge in [0, 0.05) is 15.0 Å². The number of benzene rings is 1. The zero-order valence-electron chi connectivity index (χ0n) is 7.19. The van der Waals surface area contributed by atoms with Gasteiger partial charge in [-0.1, -0.05) is 6.07 Å². The number of hydrogen-bond acceptors (Lipinski definition) is 4. The Bertz CT molecular complexity index is 525. The molecule has 0 fully saturated rings. The highest BCUT2D eigenvalue weighted by molar-refractivity contribution is 7.80. The summed E-state index contributed by atoms with van der Waals surface area (Å²) in [6.45, 7) is -0.00778. The molecule has 1 aromatic heterocycles. The van der Waals surface area contributed by atoms with Gasteiger partial charge in [-0.2, -0.15) is 5.26 Å². The van der Waals surface area contributed by atoms with Crippen molar-refractivity contribution in [1.29, 1.82) is 5.26 Å². The van der Waals surface area contributed by atoms with Crippen molar-refractivity contribution in [1.82, 2.24) is 0 Å². The molecular formula is C10H7NOS2. The number of aliphatic hydroxyl groups is 1. The summed E-state index contributed by atoms with van der Waals surface area (Å²) in [5.41, 5.74) is 0.843. The highest BCUT2D eigenvalue weighted by Gasteiger charge is 2.07. The number of fused-ring (bicyclic) bond motifs is 1. The summed E-state index contributed by atoms with van der Waals surface area (Å²) in [5, 5.41) is 18.8. The topological polar surface area (TPSA) is 44.0 Å². The van der Waals surface area contributed by atoms with Crippen LogP contribution in [0.5, 0.6) is 0 Å². The van der Waals surface area contributed by atoms with Crippen LogP contribution in [0.2, 0.25) is 0 Å². The predicted octanol–water partition coefficient (Wildman–Crippen LogP) is 2.55. The molecule has 0 saturated carbocycles. The minimum absolute atomic E-state index is 0.00778. The van der Waals surface area contributed by atoms with Gasteiger partial charge in [0.2, 0.25) is 0 Å². The van der Waals surface area contributed by atoms with E-state index in [4.69, 9.17) is 10.4 Å². The third kappa shape index (κ3) is 1.40. The van der Waals surface area contributed by atoms with Gasteiger partial charge in [-0.25, -0.2) is 0 Å². The second-order valence-electron chi connectivity index (χ2n) is 2.87. The number of hydrogen-bond donors (Lipinski definition) is 2. The van der Waals surface area contributed by atoms with E-state index in [1.165, 1.54) is 11.3 Å². The second-order valence-corrected chi connectivity index (χ2v) is 4.40. The van der Waals surface area contributed by atoms with Crippen molar-refractivity contribution in [3.8, 4) is 6.07 Å². The molecule has 0 amide bonds. The van der Waals surface area contributed by atoms with Crippen LogP contribution in [-0.4, -0.2) is 5.11 Å². The molecule has 70 valence electrons. The molecule has 14 heavy (non-hydrogen) atoms. The quantitative estimate of drug-likeness (QED) is 0.727. The summed E-state index contributed by atoms with van der Waals surface area (Å²) >= 11 is 5.71. The van der Waals surface area contributed by atoms with Crippen molar-refractivity contribution in [2.24, 2.45) is 0 Å². The molecule has 0 aliphatic heterocycles. The highest BCUT2D eigenvalue weighted by Crippen LogP contribution is 2.32. The Morgan fingerprint density at radius 2 is 2.29 bits per heavy atom. The molecule has 0 unspecified atom stereocenters. The average Bonchev–Trinajstić information content (AvgIpc) is 2.63. The molecule has 0 spiro atoms. The Hall–Kier alpha value is -1.02. The standard InChI is InChI=1S/C10H7NOS2/c11-4-7-3-8-6(5-12)1-2-9(13)10(8)14-7/h1-3,12-13H,5H2. The van der Waals surface area contributed by atoms with Gasteiger partial charge in [0.05, 0.1) is 6.61 Å². The summed E-state index contributed by atoms with van der Waals surface area (Å²) in [6.07, 6.45) is 0. The fourth-order valence-electron chi connectivity index (χ4n) is 1.36. The monoisotopic (exact) mass is 221 g/mol. The Morgan fingerprint density at radius 3 is 2.93 bits per heavy atom. The average molecular weight is 221 g/mol. The number of thiophene rings is 1. The third-order valence-electron chi connectivity index (χ3n) is 2.03. The van der Waals surface area contributed by atoms with Crippen LogP contribution >= 0.6 is 24.0 Å². The third-order valence-corrected chi connectivity index (χ3v) is 3.63. The maximum Gasteiger partial charge on any atom is 0.110 e. The summed E-state index contributed by atoms with van der Waals surface area (Å²) in [4.78, 5) is 1.50. The van der Waals surface area contributed by atoms with Crippen molar-refractivity contribution >= 4 is 34.1 Å². The lowest BCUT2D eigenvalue weighted by Gasteiger charge is -1.99. The molecule has 1 heterocycles. The lowest BCUT2D eigenvalue weighted by atomic mass is 10.1. The van der Waals surface area contributed by atoms with Gasteiger partial charge in [-0.3, -0.25) is 0 Å². The zero-order chi connectivity index (χ0) is 10.1. The van der Waals surface area contributed by atoms with E-state index in [9.17, 15) is 0 Å². The Balaban J connectivity index is 2.83. The van der Waals surface area contributed by atoms with E-state index in [2.05, 4.69) is 18.7 Å². The number of thiol groups is 1. The van der Waals surface area contributed by atoms with Crippen LogP contribution in [-0.2, 0) is 6.61 Å². The van der Waals surface area contributed by atoms with E-state index in [1.807, 2.05) is 12.1 Å². The molecule has 0 aliphatic rings. The summed E-state index contributed by atoms with van der Waals surface area (Å²) in [5.74, 6) is 0. The SMILES string of the molecule is N#Cc1cc2c(CO)ccc(S)c2s1. The van der Waals surface area contributed by atoms with Gasteiger partial charge in [-0.05, 0) is 17.7 Å². The fourth-order valence-corrected chi connectivity index (χ4v) is 2.60. The Morgan fingerprint density at radius 1 is 1.50 bits per heavy atom. The van der Waals surface area contributed by atoms with Crippen LogP contribution in [0.3, 0.4) is 0 Å². The lowest BCUT2D eigenvalue weighted by Crippen LogP contribution is -1.82. The van der Waals surface area contributed by atoms with Crippen molar-refractivity contribution in [2.45, 2.75) is 11.5 Å². The van der Waals surface area contributed by atoms with Gasteiger partial charge in [-0.15, -0.1) is 24.0 Å². The van der Waals surface area contributed by atoms with Gasteiger partial charge in [0.15, 0.2) is 0 Å². The summed E-state index contributed by atoms with van der Waals surface area (Å²) in [7, 11) is 0. The van der Waals surface area contributed by atoms with Crippen molar-refractivity contribution in [2.75, 3.05) is 0 Å². The zero-order valence-corrected chi connectivity index (χ0v) is 8.90. The van der Waals surface area contributed by atoms with Crippen LogP contribution in [0, 0.1) is 11.3 Å². The van der Waals surface area contributed by atoms with Gasteiger partial charge in [0.1, 0.15) is 10.9 Å². The maximum absolute atomic E-state index is 9.11. The fraction of sp³-hybridized carbons (Fsp3) is 0.100. The molecule has 4 heteroatoms. The van der Waals surface area contributed by atoms with Crippen LogP contribution in [0.4, 0.5) is 0 Å². The van der Waals surface area contributed by atoms with Crippen molar-refractivity contribution in [3.63, 3.8) is 0 Å². The second kappa shape index (κ2) is 3.62. The first kappa shape index (κ1) is 9.53. The van der Waals surface area contributed by atoms with Crippen LogP contribution in [0.25, 0.3) is 10.1 Å². The molecule has 0 radical (unpaired) electrons. The molecule has 0 aliphatic carbocycles. The van der Waals surface area contributed by atoms with Crippen LogP contribution in [0.15, 0.2) is 23.1 Å². The van der Waals surface area contributed by atoms with E-state index in [0.717, 1.165) is 20.5 Å². The van der Waals surface area contributed by atoms with E-state index >= 15 is 0 Å². The first-order valence-electron chi connectivity index (χ1n) is 4.01. The molecule has 0 bridgehead atoms. The smallest absolute Gasteiger partial charge is 0.110 e. The lowest BCUT2D eigenvalue weighted by molar-refractivity contribution is 0.283. The Labute approximate surface area is 90.8 Å². The maximum atomic E-state index is 9.11. The first-order valence-corrected chi connectivity index (χ1v) is 5.28. The highest BCUT2D eigenvalue weighted by atomic mass is 32.1. The number of aliphatic hydroxyl groups excluding tert-OH is 1. The minimum Gasteiger partial charge on any atom is -0.392 e. The number of rotatable bonds is 1. The molecule has 2 aromatic rings. The van der Waals surface area contributed by atoms with Gasteiger partial charge >= 0.3 is 0 Å². The van der Waals surface area contributed by atoms with E-state index in [0.29, 0.717) is 4.88 Å².